The molecule has 5 rings (SSSR count). The summed E-state index contributed by atoms with van der Waals surface area (Å²) in [5.74, 6) is 1.31. The summed E-state index contributed by atoms with van der Waals surface area (Å²) in [5, 5.41) is 7.18. The average Bonchev–Trinajstić information content (AvgIpc) is 3.42. The second kappa shape index (κ2) is 13.1. The van der Waals surface area contributed by atoms with E-state index in [0.717, 1.165) is 27.8 Å². The molecule has 2 aromatic carbocycles. The van der Waals surface area contributed by atoms with Gasteiger partial charge < -0.3 is 25.0 Å². The van der Waals surface area contributed by atoms with Crippen molar-refractivity contribution in [1.29, 1.82) is 0 Å². The monoisotopic (exact) mass is 581 g/mol. The molecule has 2 aromatic heterocycles. The van der Waals surface area contributed by atoms with Crippen LogP contribution in [0.25, 0.3) is 21.8 Å². The molecule has 1 aliphatic heterocycles. The lowest BCUT2D eigenvalue weighted by Crippen LogP contribution is -2.47. The number of hydrogen-bond acceptors (Lipinski definition) is 10. The molecule has 0 aliphatic carbocycles. The van der Waals surface area contributed by atoms with Crippen LogP contribution in [0.5, 0.6) is 11.5 Å². The molecular weight excluding hydrogens is 548 g/mol. The number of hydrogen-bond donors (Lipinski definition) is 2. The second-order valence-electron chi connectivity index (χ2n) is 9.40. The van der Waals surface area contributed by atoms with Gasteiger partial charge in [-0.3, -0.25) is 4.90 Å². The molecule has 0 spiro atoms. The Labute approximate surface area is 242 Å². The number of nitrogens with zero attached hydrogens (tertiary/aromatic N) is 5. The summed E-state index contributed by atoms with van der Waals surface area (Å²) >= 11 is 1.49. The SMILES string of the molecule is CCNc1nc(-c2cc(OC)cc(OC)c2)c(-c2ccnc(Nc3ccc(N4CCN(CCF)CC4)c(F)c3)n2)s1. The number of alkyl halides is 1. The number of thiazole rings is 1. The molecule has 0 bridgehead atoms. The van der Waals surface area contributed by atoms with Gasteiger partial charge in [0, 0.05) is 62.8 Å². The molecule has 0 radical (unpaired) electrons. The summed E-state index contributed by atoms with van der Waals surface area (Å²) in [7, 11) is 3.22. The van der Waals surface area contributed by atoms with Crippen LogP contribution in [-0.2, 0) is 0 Å². The van der Waals surface area contributed by atoms with Crippen LogP contribution in [0.4, 0.5) is 31.2 Å². The summed E-state index contributed by atoms with van der Waals surface area (Å²) in [4.78, 5) is 18.8. The van der Waals surface area contributed by atoms with Crippen molar-refractivity contribution in [2.45, 2.75) is 6.92 Å². The number of methoxy groups -OCH3 is 2. The fourth-order valence-electron chi connectivity index (χ4n) is 4.71. The van der Waals surface area contributed by atoms with Crippen molar-refractivity contribution < 1.29 is 18.3 Å². The minimum absolute atomic E-state index is 0.335. The molecule has 1 saturated heterocycles. The maximum absolute atomic E-state index is 15.1. The van der Waals surface area contributed by atoms with Gasteiger partial charge in [0.25, 0.3) is 0 Å². The van der Waals surface area contributed by atoms with E-state index in [-0.39, 0.29) is 12.5 Å². The number of anilines is 4. The van der Waals surface area contributed by atoms with E-state index in [9.17, 15) is 4.39 Å². The fourth-order valence-corrected chi connectivity index (χ4v) is 5.73. The smallest absolute Gasteiger partial charge is 0.227 e. The molecule has 0 amide bonds. The van der Waals surface area contributed by atoms with Crippen LogP contribution in [0.15, 0.2) is 48.7 Å². The first kappa shape index (κ1) is 28.5. The first-order valence-corrected chi connectivity index (χ1v) is 14.2. The molecular formula is C29H33F2N7O2S. The Bertz CT molecular complexity index is 1460. The summed E-state index contributed by atoms with van der Waals surface area (Å²) in [6.07, 6.45) is 1.66. The lowest BCUT2D eigenvalue weighted by atomic mass is 10.1. The Balaban J connectivity index is 1.39. The number of halogens is 2. The van der Waals surface area contributed by atoms with E-state index in [1.54, 1.807) is 26.5 Å². The predicted octanol–water partition coefficient (Wildman–Crippen LogP) is 5.69. The lowest BCUT2D eigenvalue weighted by molar-refractivity contribution is 0.235. The maximum Gasteiger partial charge on any atom is 0.227 e. The average molecular weight is 582 g/mol. The molecule has 1 aliphatic rings. The summed E-state index contributed by atoms with van der Waals surface area (Å²) in [5.41, 5.74) is 3.30. The van der Waals surface area contributed by atoms with Gasteiger partial charge >= 0.3 is 0 Å². The summed E-state index contributed by atoms with van der Waals surface area (Å²) in [6, 6.07) is 12.5. The summed E-state index contributed by atoms with van der Waals surface area (Å²) in [6.45, 7) is 5.52. The van der Waals surface area contributed by atoms with Gasteiger partial charge in [-0.15, -0.1) is 0 Å². The largest absolute Gasteiger partial charge is 0.497 e. The zero-order valence-electron chi connectivity index (χ0n) is 23.3. The summed E-state index contributed by atoms with van der Waals surface area (Å²) < 4.78 is 38.7. The Kier molecular flexibility index (Phi) is 9.10. The second-order valence-corrected chi connectivity index (χ2v) is 10.4. The van der Waals surface area contributed by atoms with E-state index >= 15 is 4.39 Å². The lowest BCUT2D eigenvalue weighted by Gasteiger charge is -2.35. The molecule has 0 saturated carbocycles. The maximum atomic E-state index is 15.1. The third-order valence-electron chi connectivity index (χ3n) is 6.79. The normalized spacial score (nSPS) is 13.7. The van der Waals surface area contributed by atoms with E-state index in [1.807, 2.05) is 42.2 Å². The molecule has 4 aromatic rings. The van der Waals surface area contributed by atoms with Gasteiger partial charge in [0.2, 0.25) is 5.95 Å². The third kappa shape index (κ3) is 6.66. The van der Waals surface area contributed by atoms with Gasteiger partial charge in [-0.25, -0.2) is 23.7 Å². The highest BCUT2D eigenvalue weighted by Crippen LogP contribution is 2.41. The van der Waals surface area contributed by atoms with Crippen LogP contribution in [0.3, 0.4) is 0 Å². The van der Waals surface area contributed by atoms with Crippen molar-refractivity contribution in [1.82, 2.24) is 19.9 Å². The van der Waals surface area contributed by atoms with Crippen LogP contribution >= 0.6 is 11.3 Å². The minimum atomic E-state index is -0.366. The predicted molar refractivity (Wildman–Crippen MR) is 160 cm³/mol. The highest BCUT2D eigenvalue weighted by Gasteiger charge is 2.21. The Morgan fingerprint density at radius 1 is 0.976 bits per heavy atom. The third-order valence-corrected chi connectivity index (χ3v) is 7.82. The quantitative estimate of drug-likeness (QED) is 0.232. The zero-order chi connectivity index (χ0) is 28.8. The molecule has 9 nitrogen and oxygen atoms in total. The molecule has 0 unspecified atom stereocenters. The van der Waals surface area contributed by atoms with Crippen molar-refractivity contribution in [3.8, 4) is 33.3 Å². The van der Waals surface area contributed by atoms with Gasteiger partial charge in [-0.2, -0.15) is 0 Å². The fraction of sp³-hybridized carbons (Fsp3) is 0.345. The molecule has 1 fully saturated rings. The van der Waals surface area contributed by atoms with E-state index < -0.39 is 0 Å². The minimum Gasteiger partial charge on any atom is -0.497 e. The van der Waals surface area contributed by atoms with Crippen molar-refractivity contribution >= 4 is 33.8 Å². The number of benzene rings is 2. The number of aromatic nitrogens is 3. The highest BCUT2D eigenvalue weighted by molar-refractivity contribution is 7.19. The van der Waals surface area contributed by atoms with Crippen molar-refractivity contribution in [3.63, 3.8) is 0 Å². The van der Waals surface area contributed by atoms with E-state index in [2.05, 4.69) is 20.5 Å². The Morgan fingerprint density at radius 3 is 2.39 bits per heavy atom. The first-order chi connectivity index (χ1) is 20.0. The standard InChI is InChI=1S/C29H33F2N7O2S/c1-4-32-29-36-26(19-15-21(39-2)18-22(16-19)40-3)27(41-29)24-7-9-33-28(35-24)34-20-5-6-25(23(31)17-20)38-13-11-37(10-8-30)12-14-38/h5-7,9,15-18H,4,8,10-14H2,1-3H3,(H,32,36)(H,33,34,35). The van der Waals surface area contributed by atoms with Gasteiger partial charge in [-0.05, 0) is 43.3 Å². The van der Waals surface area contributed by atoms with Crippen molar-refractivity contribution in [2.75, 3.05) is 75.7 Å². The van der Waals surface area contributed by atoms with Crippen LogP contribution in [-0.4, -0.2) is 80.0 Å². The Hall–Kier alpha value is -4.03. The highest BCUT2D eigenvalue weighted by atomic mass is 32.1. The van der Waals surface area contributed by atoms with Crippen LogP contribution < -0.4 is 25.0 Å². The molecule has 216 valence electrons. The first-order valence-electron chi connectivity index (χ1n) is 13.4. The number of rotatable bonds is 11. The van der Waals surface area contributed by atoms with Crippen LogP contribution in [0.1, 0.15) is 6.92 Å². The van der Waals surface area contributed by atoms with Gasteiger partial charge in [0.1, 0.15) is 24.0 Å². The molecule has 12 heteroatoms. The van der Waals surface area contributed by atoms with Crippen molar-refractivity contribution in [2.24, 2.45) is 0 Å². The topological polar surface area (TPSA) is 87.7 Å². The number of piperazine rings is 1. The zero-order valence-corrected chi connectivity index (χ0v) is 24.1. The van der Waals surface area contributed by atoms with Gasteiger partial charge in [-0.1, -0.05) is 11.3 Å². The van der Waals surface area contributed by atoms with Gasteiger partial charge in [0.05, 0.1) is 36.2 Å². The molecule has 2 N–H and O–H groups in total. The van der Waals surface area contributed by atoms with E-state index in [0.29, 0.717) is 67.2 Å². The molecule has 3 heterocycles. The number of nitrogens with one attached hydrogen (secondary N) is 2. The van der Waals surface area contributed by atoms with Crippen molar-refractivity contribution in [3.05, 3.63) is 54.5 Å². The van der Waals surface area contributed by atoms with Gasteiger partial charge in [0.15, 0.2) is 5.13 Å². The van der Waals surface area contributed by atoms with E-state index in [4.69, 9.17) is 19.4 Å². The molecule has 41 heavy (non-hydrogen) atoms. The molecule has 0 atom stereocenters. The number of ether oxygens (including phenoxy) is 2. The van der Waals surface area contributed by atoms with E-state index in [1.165, 1.54) is 17.4 Å². The van der Waals surface area contributed by atoms with Crippen LogP contribution in [0, 0.1) is 5.82 Å². The van der Waals surface area contributed by atoms with Crippen LogP contribution in [0.2, 0.25) is 0 Å². The Morgan fingerprint density at radius 2 is 1.73 bits per heavy atom.